The van der Waals surface area contributed by atoms with Crippen LogP contribution in [0.25, 0.3) is 0 Å². The van der Waals surface area contributed by atoms with Crippen LogP contribution in [0.4, 0.5) is 0 Å². The fourth-order valence-electron chi connectivity index (χ4n) is 3.96. The quantitative estimate of drug-likeness (QED) is 0.465. The van der Waals surface area contributed by atoms with Gasteiger partial charge in [0.1, 0.15) is 0 Å². The SMILES string of the molecule is C=C[C@]1(CO)CC[C@@H](C(=C)C)[C@H](c2ccc(COCCCC)cc2)C1. The summed E-state index contributed by atoms with van der Waals surface area (Å²) in [6, 6.07) is 8.82. The molecule has 2 heteroatoms. The van der Waals surface area contributed by atoms with E-state index in [1.54, 1.807) is 0 Å². The summed E-state index contributed by atoms with van der Waals surface area (Å²) in [6.45, 7) is 14.2. The fourth-order valence-corrected chi connectivity index (χ4v) is 3.96. The number of rotatable bonds is 9. The summed E-state index contributed by atoms with van der Waals surface area (Å²) in [5, 5.41) is 9.91. The summed E-state index contributed by atoms with van der Waals surface area (Å²) in [6.07, 6.45) is 7.24. The number of aliphatic hydroxyl groups is 1. The van der Waals surface area contributed by atoms with Crippen LogP contribution in [0.1, 0.15) is 63.0 Å². The second-order valence-electron chi connectivity index (χ2n) is 7.67. The minimum atomic E-state index is -0.154. The molecule has 1 N–H and O–H groups in total. The van der Waals surface area contributed by atoms with E-state index in [-0.39, 0.29) is 12.0 Å². The zero-order valence-electron chi connectivity index (χ0n) is 16.0. The molecule has 2 nitrogen and oxygen atoms in total. The minimum Gasteiger partial charge on any atom is -0.395 e. The number of ether oxygens (including phenoxy) is 1. The van der Waals surface area contributed by atoms with Gasteiger partial charge in [-0.3, -0.25) is 0 Å². The molecule has 0 radical (unpaired) electrons. The summed E-state index contributed by atoms with van der Waals surface area (Å²) < 4.78 is 5.71. The van der Waals surface area contributed by atoms with Gasteiger partial charge in [-0.15, -0.1) is 6.58 Å². The Morgan fingerprint density at radius 2 is 2.08 bits per heavy atom. The predicted molar refractivity (Wildman–Crippen MR) is 106 cm³/mol. The van der Waals surface area contributed by atoms with Crippen molar-refractivity contribution >= 4 is 0 Å². The molecule has 1 fully saturated rings. The maximum Gasteiger partial charge on any atom is 0.0716 e. The van der Waals surface area contributed by atoms with Gasteiger partial charge >= 0.3 is 0 Å². The molecule has 0 heterocycles. The molecular weight excluding hydrogens is 308 g/mol. The molecule has 1 aromatic carbocycles. The first-order valence-corrected chi connectivity index (χ1v) is 9.61. The molecule has 1 aliphatic rings. The molecule has 1 aliphatic carbocycles. The standard InChI is InChI=1S/C23H34O2/c1-5-7-14-25-16-19-8-10-20(11-9-19)22-15-23(6-2,17-24)13-12-21(22)18(3)4/h6,8-11,21-22,24H,2-3,5,7,12-17H2,1,4H3/t21-,22-,23-/m0/s1. The van der Waals surface area contributed by atoms with E-state index in [0.717, 1.165) is 32.3 Å². The van der Waals surface area contributed by atoms with Crippen molar-refractivity contribution in [1.29, 1.82) is 0 Å². The van der Waals surface area contributed by atoms with Crippen molar-refractivity contribution in [3.05, 3.63) is 60.2 Å². The highest BCUT2D eigenvalue weighted by molar-refractivity contribution is 5.29. The fraction of sp³-hybridized carbons (Fsp3) is 0.565. The molecule has 2 rings (SSSR count). The number of unbranched alkanes of at least 4 members (excludes halogenated alkanes) is 1. The maximum absolute atomic E-state index is 9.91. The van der Waals surface area contributed by atoms with Crippen LogP contribution in [0.15, 0.2) is 49.1 Å². The van der Waals surface area contributed by atoms with E-state index in [0.29, 0.717) is 18.4 Å². The Balaban J connectivity index is 2.12. The molecule has 3 atom stereocenters. The van der Waals surface area contributed by atoms with Crippen molar-refractivity contribution in [3.8, 4) is 0 Å². The van der Waals surface area contributed by atoms with Crippen LogP contribution in [-0.4, -0.2) is 18.3 Å². The Hall–Kier alpha value is -1.38. The number of allylic oxidation sites excluding steroid dienone is 1. The maximum atomic E-state index is 9.91. The highest BCUT2D eigenvalue weighted by Crippen LogP contribution is 2.49. The van der Waals surface area contributed by atoms with Gasteiger partial charge in [0.25, 0.3) is 0 Å². The molecule has 0 aromatic heterocycles. The highest BCUT2D eigenvalue weighted by Gasteiger charge is 2.39. The summed E-state index contributed by atoms with van der Waals surface area (Å²) in [7, 11) is 0. The summed E-state index contributed by atoms with van der Waals surface area (Å²) in [4.78, 5) is 0. The van der Waals surface area contributed by atoms with E-state index >= 15 is 0 Å². The lowest BCUT2D eigenvalue weighted by molar-refractivity contribution is 0.1000. The van der Waals surface area contributed by atoms with Crippen LogP contribution >= 0.6 is 0 Å². The van der Waals surface area contributed by atoms with Crippen LogP contribution in [-0.2, 0) is 11.3 Å². The van der Waals surface area contributed by atoms with E-state index in [1.165, 1.54) is 23.1 Å². The summed E-state index contributed by atoms with van der Waals surface area (Å²) >= 11 is 0. The molecule has 25 heavy (non-hydrogen) atoms. The monoisotopic (exact) mass is 342 g/mol. The third kappa shape index (κ3) is 5.05. The van der Waals surface area contributed by atoms with Gasteiger partial charge in [0.2, 0.25) is 0 Å². The van der Waals surface area contributed by atoms with Crippen molar-refractivity contribution in [1.82, 2.24) is 0 Å². The Labute approximate surface area is 153 Å². The molecule has 0 aliphatic heterocycles. The smallest absolute Gasteiger partial charge is 0.0716 e. The van der Waals surface area contributed by atoms with E-state index in [1.807, 2.05) is 6.08 Å². The average Bonchev–Trinajstić information content (AvgIpc) is 2.65. The number of hydrogen-bond acceptors (Lipinski definition) is 2. The molecule has 0 bridgehead atoms. The van der Waals surface area contributed by atoms with Crippen LogP contribution in [0, 0.1) is 11.3 Å². The highest BCUT2D eigenvalue weighted by atomic mass is 16.5. The molecule has 138 valence electrons. The van der Waals surface area contributed by atoms with Gasteiger partial charge < -0.3 is 9.84 Å². The predicted octanol–water partition coefficient (Wildman–Crippen LogP) is 5.63. The molecule has 1 aromatic rings. The van der Waals surface area contributed by atoms with Crippen molar-refractivity contribution in [2.75, 3.05) is 13.2 Å². The van der Waals surface area contributed by atoms with Gasteiger partial charge in [-0.05, 0) is 55.6 Å². The first kappa shape index (κ1) is 19.9. The second-order valence-corrected chi connectivity index (χ2v) is 7.67. The lowest BCUT2D eigenvalue weighted by Crippen LogP contribution is -2.34. The molecule has 0 amide bonds. The molecule has 1 saturated carbocycles. The zero-order chi connectivity index (χ0) is 18.3. The first-order chi connectivity index (χ1) is 12.0. The van der Waals surface area contributed by atoms with Crippen LogP contribution in [0.5, 0.6) is 0 Å². The van der Waals surface area contributed by atoms with E-state index in [2.05, 4.69) is 51.3 Å². The Kier molecular flexibility index (Phi) is 7.46. The first-order valence-electron chi connectivity index (χ1n) is 9.61. The third-order valence-electron chi connectivity index (χ3n) is 5.77. The van der Waals surface area contributed by atoms with Gasteiger partial charge in [-0.1, -0.05) is 55.8 Å². The van der Waals surface area contributed by atoms with Crippen molar-refractivity contribution in [2.45, 2.75) is 58.5 Å². The Bertz CT molecular complexity index is 560. The third-order valence-corrected chi connectivity index (χ3v) is 5.77. The summed E-state index contributed by atoms with van der Waals surface area (Å²) in [5.41, 5.74) is 3.65. The lowest BCUT2D eigenvalue weighted by atomic mass is 9.62. The van der Waals surface area contributed by atoms with Crippen molar-refractivity contribution in [3.63, 3.8) is 0 Å². The van der Waals surface area contributed by atoms with Crippen molar-refractivity contribution in [2.24, 2.45) is 11.3 Å². The van der Waals surface area contributed by atoms with Gasteiger partial charge in [0.15, 0.2) is 0 Å². The topological polar surface area (TPSA) is 29.5 Å². The van der Waals surface area contributed by atoms with Crippen LogP contribution in [0.3, 0.4) is 0 Å². The molecule has 0 saturated heterocycles. The largest absolute Gasteiger partial charge is 0.395 e. The van der Waals surface area contributed by atoms with Crippen LogP contribution in [0.2, 0.25) is 0 Å². The van der Waals surface area contributed by atoms with Gasteiger partial charge in [-0.25, -0.2) is 0 Å². The van der Waals surface area contributed by atoms with Crippen LogP contribution < -0.4 is 0 Å². The number of benzene rings is 1. The average molecular weight is 343 g/mol. The molecule has 0 unspecified atom stereocenters. The Morgan fingerprint density at radius 3 is 2.64 bits per heavy atom. The number of aliphatic hydroxyl groups excluding tert-OH is 1. The lowest BCUT2D eigenvalue weighted by Gasteiger charge is -2.43. The van der Waals surface area contributed by atoms with E-state index in [9.17, 15) is 5.11 Å². The zero-order valence-corrected chi connectivity index (χ0v) is 16.0. The van der Waals surface area contributed by atoms with E-state index < -0.39 is 0 Å². The molecular formula is C23H34O2. The second kappa shape index (κ2) is 9.35. The Morgan fingerprint density at radius 1 is 1.36 bits per heavy atom. The van der Waals surface area contributed by atoms with Gasteiger partial charge in [-0.2, -0.15) is 0 Å². The normalized spacial score (nSPS) is 26.4. The van der Waals surface area contributed by atoms with Gasteiger partial charge in [0.05, 0.1) is 13.2 Å². The summed E-state index contributed by atoms with van der Waals surface area (Å²) in [5.74, 6) is 0.873. The van der Waals surface area contributed by atoms with Gasteiger partial charge in [0, 0.05) is 12.0 Å². The molecule has 0 spiro atoms. The van der Waals surface area contributed by atoms with Crippen molar-refractivity contribution < 1.29 is 9.84 Å². The minimum absolute atomic E-state index is 0.154. The number of hydrogen-bond donors (Lipinski definition) is 1. The van der Waals surface area contributed by atoms with E-state index in [4.69, 9.17) is 4.74 Å².